The van der Waals surface area contributed by atoms with Gasteiger partial charge in [-0.05, 0) is 30.9 Å². The topological polar surface area (TPSA) is 55.6 Å². The number of hydrogen-bond donors (Lipinski definition) is 1. The number of rotatable bonds is 4. The van der Waals surface area contributed by atoms with Gasteiger partial charge in [-0.2, -0.15) is 0 Å². The van der Waals surface area contributed by atoms with Crippen LogP contribution < -0.4 is 10.5 Å². The molecule has 2 fully saturated rings. The van der Waals surface area contributed by atoms with Crippen LogP contribution in [-0.4, -0.2) is 36.0 Å². The Kier molecular flexibility index (Phi) is 5.33. The highest BCUT2D eigenvalue weighted by atomic mass is 19.1. The molecule has 1 aromatic rings. The van der Waals surface area contributed by atoms with Gasteiger partial charge >= 0.3 is 0 Å². The molecule has 24 heavy (non-hydrogen) atoms. The second-order valence-corrected chi connectivity index (χ2v) is 6.83. The molecule has 6 heteroatoms. The van der Waals surface area contributed by atoms with Gasteiger partial charge in [0, 0.05) is 44.5 Å². The summed E-state index contributed by atoms with van der Waals surface area (Å²) in [5.41, 5.74) is 6.04. The lowest BCUT2D eigenvalue weighted by atomic mass is 9.98. The summed E-state index contributed by atoms with van der Waals surface area (Å²) in [4.78, 5) is 14.2. The van der Waals surface area contributed by atoms with E-state index in [4.69, 9.17) is 10.5 Å². The number of benzene rings is 1. The highest BCUT2D eigenvalue weighted by Gasteiger charge is 2.30. The van der Waals surface area contributed by atoms with E-state index in [0.717, 1.165) is 25.3 Å². The quantitative estimate of drug-likeness (QED) is 0.918. The predicted octanol–water partition coefficient (Wildman–Crippen LogP) is 2.85. The molecule has 2 atom stereocenters. The average molecular weight is 338 g/mol. The molecule has 1 saturated heterocycles. The van der Waals surface area contributed by atoms with Crippen LogP contribution in [0.5, 0.6) is 5.75 Å². The zero-order chi connectivity index (χ0) is 17.1. The zero-order valence-corrected chi connectivity index (χ0v) is 13.7. The molecule has 0 spiro atoms. The highest BCUT2D eigenvalue weighted by molar-refractivity contribution is 5.76. The van der Waals surface area contributed by atoms with E-state index in [-0.39, 0.29) is 23.8 Å². The first-order valence-electron chi connectivity index (χ1n) is 8.68. The van der Waals surface area contributed by atoms with Crippen molar-refractivity contribution in [3.05, 3.63) is 29.8 Å². The van der Waals surface area contributed by atoms with Crippen LogP contribution in [0.1, 0.15) is 38.5 Å². The SMILES string of the molecule is N[C@@H]1CCC[C@H]1CC(=O)N1CCC(Oc2ccc(F)cc2F)CC1. The van der Waals surface area contributed by atoms with Crippen molar-refractivity contribution in [1.29, 1.82) is 0 Å². The predicted molar refractivity (Wildman–Crippen MR) is 86.5 cm³/mol. The zero-order valence-electron chi connectivity index (χ0n) is 13.7. The fraction of sp³-hybridized carbons (Fsp3) is 0.611. The Morgan fingerprint density at radius 3 is 2.58 bits per heavy atom. The molecule has 2 aliphatic rings. The van der Waals surface area contributed by atoms with Gasteiger partial charge in [0.25, 0.3) is 0 Å². The molecule has 0 unspecified atom stereocenters. The number of carbonyl (C=O) groups excluding carboxylic acids is 1. The first kappa shape index (κ1) is 17.1. The number of hydrogen-bond acceptors (Lipinski definition) is 3. The minimum Gasteiger partial charge on any atom is -0.487 e. The molecule has 1 aromatic carbocycles. The third kappa shape index (κ3) is 4.04. The largest absolute Gasteiger partial charge is 0.487 e. The first-order chi connectivity index (χ1) is 11.5. The minimum atomic E-state index is -0.691. The summed E-state index contributed by atoms with van der Waals surface area (Å²) in [5.74, 6) is -0.782. The van der Waals surface area contributed by atoms with E-state index in [1.807, 2.05) is 4.90 Å². The number of piperidine rings is 1. The van der Waals surface area contributed by atoms with Crippen molar-refractivity contribution in [2.24, 2.45) is 11.7 Å². The Hall–Kier alpha value is -1.69. The van der Waals surface area contributed by atoms with Crippen LogP contribution >= 0.6 is 0 Å². The molecule has 132 valence electrons. The van der Waals surface area contributed by atoms with Gasteiger partial charge in [0.1, 0.15) is 11.9 Å². The van der Waals surface area contributed by atoms with E-state index in [2.05, 4.69) is 0 Å². The maximum absolute atomic E-state index is 13.6. The molecule has 1 saturated carbocycles. The molecular formula is C18H24F2N2O2. The first-order valence-corrected chi connectivity index (χ1v) is 8.68. The van der Waals surface area contributed by atoms with Crippen LogP contribution in [0.25, 0.3) is 0 Å². The number of halogens is 2. The van der Waals surface area contributed by atoms with E-state index < -0.39 is 11.6 Å². The van der Waals surface area contributed by atoms with Gasteiger partial charge < -0.3 is 15.4 Å². The van der Waals surface area contributed by atoms with Crippen LogP contribution in [0, 0.1) is 17.6 Å². The van der Waals surface area contributed by atoms with Crippen molar-refractivity contribution in [3.63, 3.8) is 0 Å². The standard InChI is InChI=1S/C18H24F2N2O2/c19-13-4-5-17(15(20)11-13)24-14-6-8-22(9-7-14)18(23)10-12-2-1-3-16(12)21/h4-5,11-12,14,16H,1-3,6-10,21H2/t12-,16+/m0/s1. The fourth-order valence-corrected chi connectivity index (χ4v) is 3.65. The minimum absolute atomic E-state index is 0.0677. The molecule has 0 bridgehead atoms. The highest BCUT2D eigenvalue weighted by Crippen LogP contribution is 2.28. The number of carbonyl (C=O) groups is 1. The van der Waals surface area contributed by atoms with E-state index in [1.165, 1.54) is 12.1 Å². The van der Waals surface area contributed by atoms with Crippen LogP contribution in [0.2, 0.25) is 0 Å². The Labute approximate surface area is 141 Å². The summed E-state index contributed by atoms with van der Waals surface area (Å²) in [6.45, 7) is 1.21. The van der Waals surface area contributed by atoms with Crippen LogP contribution in [-0.2, 0) is 4.79 Å². The molecule has 0 aromatic heterocycles. The van der Waals surface area contributed by atoms with E-state index in [1.54, 1.807) is 0 Å². The van der Waals surface area contributed by atoms with Gasteiger partial charge in [0.2, 0.25) is 5.91 Å². The smallest absolute Gasteiger partial charge is 0.222 e. The fourth-order valence-electron chi connectivity index (χ4n) is 3.65. The molecule has 3 rings (SSSR count). The summed E-state index contributed by atoms with van der Waals surface area (Å²) in [5, 5.41) is 0. The van der Waals surface area contributed by atoms with Gasteiger partial charge in [-0.15, -0.1) is 0 Å². The van der Waals surface area contributed by atoms with E-state index in [9.17, 15) is 13.6 Å². The number of nitrogens with zero attached hydrogens (tertiary/aromatic N) is 1. The lowest BCUT2D eigenvalue weighted by Crippen LogP contribution is -2.43. The van der Waals surface area contributed by atoms with Crippen molar-refractivity contribution in [2.45, 2.75) is 50.7 Å². The lowest BCUT2D eigenvalue weighted by molar-refractivity contribution is -0.134. The Morgan fingerprint density at radius 2 is 1.96 bits per heavy atom. The number of ether oxygens (including phenoxy) is 1. The van der Waals surface area contributed by atoms with Gasteiger partial charge in [-0.25, -0.2) is 8.78 Å². The second-order valence-electron chi connectivity index (χ2n) is 6.83. The number of likely N-dealkylation sites (tertiary alicyclic amines) is 1. The number of amides is 1. The summed E-state index contributed by atoms with van der Waals surface area (Å²) in [6, 6.07) is 3.46. The van der Waals surface area contributed by atoms with Crippen molar-refractivity contribution in [3.8, 4) is 5.75 Å². The van der Waals surface area contributed by atoms with Gasteiger partial charge in [0.05, 0.1) is 0 Å². The molecule has 1 amide bonds. The Bertz CT molecular complexity index is 588. The molecule has 1 heterocycles. The summed E-state index contributed by atoms with van der Waals surface area (Å²) in [6.07, 6.45) is 4.84. The van der Waals surface area contributed by atoms with Crippen molar-refractivity contribution in [1.82, 2.24) is 4.90 Å². The van der Waals surface area contributed by atoms with Crippen LogP contribution in [0.15, 0.2) is 18.2 Å². The molecule has 2 N–H and O–H groups in total. The average Bonchev–Trinajstić information content (AvgIpc) is 2.96. The van der Waals surface area contributed by atoms with E-state index >= 15 is 0 Å². The van der Waals surface area contributed by atoms with Gasteiger partial charge in [-0.1, -0.05) is 6.42 Å². The maximum Gasteiger partial charge on any atom is 0.222 e. The lowest BCUT2D eigenvalue weighted by Gasteiger charge is -2.33. The number of nitrogens with two attached hydrogens (primary N) is 1. The summed E-state index contributed by atoms with van der Waals surface area (Å²) in [7, 11) is 0. The van der Waals surface area contributed by atoms with Crippen molar-refractivity contribution >= 4 is 5.91 Å². The van der Waals surface area contributed by atoms with E-state index in [0.29, 0.717) is 38.3 Å². The third-order valence-electron chi connectivity index (χ3n) is 5.14. The second kappa shape index (κ2) is 7.47. The Balaban J connectivity index is 1.47. The summed E-state index contributed by atoms with van der Waals surface area (Å²) < 4.78 is 32.2. The normalized spacial score (nSPS) is 25.0. The molecule has 1 aliphatic heterocycles. The molecule has 0 radical (unpaired) electrons. The monoisotopic (exact) mass is 338 g/mol. The molecule has 4 nitrogen and oxygen atoms in total. The molecular weight excluding hydrogens is 314 g/mol. The Morgan fingerprint density at radius 1 is 1.21 bits per heavy atom. The van der Waals surface area contributed by atoms with Gasteiger partial charge in [-0.3, -0.25) is 4.79 Å². The van der Waals surface area contributed by atoms with Crippen LogP contribution in [0.3, 0.4) is 0 Å². The third-order valence-corrected chi connectivity index (χ3v) is 5.14. The van der Waals surface area contributed by atoms with Crippen molar-refractivity contribution in [2.75, 3.05) is 13.1 Å². The van der Waals surface area contributed by atoms with Crippen LogP contribution in [0.4, 0.5) is 8.78 Å². The molecule has 1 aliphatic carbocycles. The maximum atomic E-state index is 13.6. The van der Waals surface area contributed by atoms with Crippen molar-refractivity contribution < 1.29 is 18.3 Å². The van der Waals surface area contributed by atoms with Gasteiger partial charge in [0.15, 0.2) is 11.6 Å². The summed E-state index contributed by atoms with van der Waals surface area (Å²) >= 11 is 0.